The van der Waals surface area contributed by atoms with Gasteiger partial charge in [-0.05, 0) is 64.3 Å². The molecule has 9 nitrogen and oxygen atoms in total. The van der Waals surface area contributed by atoms with Gasteiger partial charge in [-0.15, -0.1) is 0 Å². The van der Waals surface area contributed by atoms with E-state index < -0.39 is 15.9 Å². The molecule has 0 bridgehead atoms. The molecule has 1 aliphatic rings. The van der Waals surface area contributed by atoms with Crippen LogP contribution in [-0.2, 0) is 10.0 Å². The summed E-state index contributed by atoms with van der Waals surface area (Å²) in [6.07, 6.45) is 2.73. The highest BCUT2D eigenvalue weighted by Gasteiger charge is 2.28. The summed E-state index contributed by atoms with van der Waals surface area (Å²) >= 11 is 0. The van der Waals surface area contributed by atoms with Crippen molar-refractivity contribution in [2.75, 3.05) is 18.4 Å². The number of hydrogen-bond acceptors (Lipinski definition) is 6. The predicted octanol–water partition coefficient (Wildman–Crippen LogP) is 3.32. The second-order valence-electron chi connectivity index (χ2n) is 8.43. The molecule has 0 atom stereocenters. The molecule has 1 aliphatic heterocycles. The average Bonchev–Trinajstić information content (AvgIpc) is 3.13. The number of aromatic nitrogens is 4. The summed E-state index contributed by atoms with van der Waals surface area (Å²) in [5, 5.41) is 7.25. The quantitative estimate of drug-likeness (QED) is 0.615. The van der Waals surface area contributed by atoms with Crippen molar-refractivity contribution in [1.82, 2.24) is 24.1 Å². The molecular formula is C23H28N6O3S. The van der Waals surface area contributed by atoms with Gasteiger partial charge in [-0.25, -0.2) is 18.4 Å². The molecule has 33 heavy (non-hydrogen) atoms. The van der Waals surface area contributed by atoms with Crippen molar-refractivity contribution in [3.05, 3.63) is 58.5 Å². The van der Waals surface area contributed by atoms with Crippen molar-refractivity contribution in [3.63, 3.8) is 0 Å². The van der Waals surface area contributed by atoms with E-state index in [4.69, 9.17) is 0 Å². The molecule has 1 N–H and O–H groups in total. The van der Waals surface area contributed by atoms with E-state index >= 15 is 0 Å². The second kappa shape index (κ2) is 9.03. The highest BCUT2D eigenvalue weighted by Crippen LogP contribution is 2.25. The van der Waals surface area contributed by atoms with Crippen LogP contribution in [0.3, 0.4) is 0 Å². The van der Waals surface area contributed by atoms with Crippen LogP contribution in [0.1, 0.15) is 52.3 Å². The van der Waals surface area contributed by atoms with E-state index in [1.165, 1.54) is 15.1 Å². The number of nitrogens with one attached hydrogen (secondary N) is 1. The lowest BCUT2D eigenvalue weighted by Gasteiger charge is -2.26. The number of benzene rings is 1. The highest BCUT2D eigenvalue weighted by molar-refractivity contribution is 7.89. The number of rotatable bonds is 5. The monoisotopic (exact) mass is 468 g/mol. The van der Waals surface area contributed by atoms with Gasteiger partial charge in [0.05, 0.1) is 10.6 Å². The van der Waals surface area contributed by atoms with Crippen molar-refractivity contribution in [2.45, 2.75) is 51.9 Å². The van der Waals surface area contributed by atoms with Crippen molar-refractivity contribution in [1.29, 1.82) is 0 Å². The number of piperidine rings is 1. The maximum Gasteiger partial charge on any atom is 0.256 e. The number of hydrogen-bond donors (Lipinski definition) is 1. The Labute approximate surface area is 193 Å². The van der Waals surface area contributed by atoms with Crippen molar-refractivity contribution < 1.29 is 13.2 Å². The standard InChI is InChI=1S/C23H28N6O3S/c1-15-8-9-19(14-20(15)33(31,32)28-10-6-5-7-11-28)22(30)26-21-13-18(4)27-29(21)23-24-16(2)12-17(3)25-23/h8-9,12-14H,5-7,10-11H2,1-4H3,(H,26,30). The summed E-state index contributed by atoms with van der Waals surface area (Å²) in [6.45, 7) is 8.30. The summed E-state index contributed by atoms with van der Waals surface area (Å²) < 4.78 is 29.4. The van der Waals surface area contributed by atoms with Crippen LogP contribution in [-0.4, -0.2) is 51.5 Å². The van der Waals surface area contributed by atoms with E-state index in [1.807, 2.05) is 26.8 Å². The molecule has 1 saturated heterocycles. The van der Waals surface area contributed by atoms with Crippen molar-refractivity contribution in [2.24, 2.45) is 0 Å². The number of amides is 1. The van der Waals surface area contributed by atoms with E-state index in [-0.39, 0.29) is 10.5 Å². The third-order valence-corrected chi connectivity index (χ3v) is 7.66. The van der Waals surface area contributed by atoms with Gasteiger partial charge in [0, 0.05) is 36.1 Å². The van der Waals surface area contributed by atoms with Gasteiger partial charge in [0.1, 0.15) is 5.82 Å². The fraction of sp³-hybridized carbons (Fsp3) is 0.391. The normalized spacial score (nSPS) is 14.9. The highest BCUT2D eigenvalue weighted by atomic mass is 32.2. The Morgan fingerprint density at radius 3 is 2.24 bits per heavy atom. The van der Waals surface area contributed by atoms with Gasteiger partial charge in [-0.1, -0.05) is 12.5 Å². The average molecular weight is 469 g/mol. The van der Waals surface area contributed by atoms with E-state index in [0.29, 0.717) is 36.1 Å². The minimum atomic E-state index is -3.66. The summed E-state index contributed by atoms with van der Waals surface area (Å²) in [5.74, 6) is 0.326. The molecule has 174 valence electrons. The third-order valence-electron chi connectivity index (χ3n) is 5.62. The minimum absolute atomic E-state index is 0.166. The Kier molecular flexibility index (Phi) is 6.31. The molecule has 1 amide bonds. The van der Waals surface area contributed by atoms with Crippen LogP contribution >= 0.6 is 0 Å². The molecular weight excluding hydrogens is 440 g/mol. The number of carbonyl (C=O) groups excluding carboxylic acids is 1. The minimum Gasteiger partial charge on any atom is -0.306 e. The lowest BCUT2D eigenvalue weighted by Crippen LogP contribution is -2.36. The zero-order valence-electron chi connectivity index (χ0n) is 19.3. The number of carbonyl (C=O) groups is 1. The fourth-order valence-corrected chi connectivity index (χ4v) is 5.76. The first kappa shape index (κ1) is 23.1. The lowest BCUT2D eigenvalue weighted by molar-refractivity contribution is 0.102. The molecule has 2 aromatic heterocycles. The first-order chi connectivity index (χ1) is 15.6. The SMILES string of the molecule is Cc1cc(C)nc(-n2nc(C)cc2NC(=O)c2ccc(C)c(S(=O)(=O)N3CCCCC3)c2)n1. The van der Waals surface area contributed by atoms with Crippen LogP contribution < -0.4 is 5.32 Å². The van der Waals surface area contributed by atoms with Crippen LogP contribution in [0.15, 0.2) is 35.2 Å². The van der Waals surface area contributed by atoms with Gasteiger partial charge in [0.2, 0.25) is 10.0 Å². The Balaban J connectivity index is 1.65. The molecule has 3 aromatic rings. The van der Waals surface area contributed by atoms with Gasteiger partial charge < -0.3 is 5.32 Å². The molecule has 3 heterocycles. The number of sulfonamides is 1. The molecule has 0 aliphatic carbocycles. The first-order valence-electron chi connectivity index (χ1n) is 11.0. The maximum absolute atomic E-state index is 13.2. The molecule has 0 radical (unpaired) electrons. The Morgan fingerprint density at radius 2 is 1.58 bits per heavy atom. The van der Waals surface area contributed by atoms with Gasteiger partial charge in [0.15, 0.2) is 0 Å². The van der Waals surface area contributed by atoms with Gasteiger partial charge in [0.25, 0.3) is 11.9 Å². The third kappa shape index (κ3) is 4.81. The number of nitrogens with zero attached hydrogens (tertiary/aromatic N) is 5. The molecule has 4 rings (SSSR count). The fourth-order valence-electron chi connectivity index (χ4n) is 4.00. The number of aryl methyl sites for hydroxylation is 4. The van der Waals surface area contributed by atoms with Crippen LogP contribution in [0.2, 0.25) is 0 Å². The predicted molar refractivity (Wildman–Crippen MR) is 125 cm³/mol. The molecule has 10 heteroatoms. The maximum atomic E-state index is 13.2. The molecule has 0 saturated carbocycles. The number of anilines is 1. The van der Waals surface area contributed by atoms with E-state index in [1.54, 1.807) is 25.1 Å². The van der Waals surface area contributed by atoms with Crippen LogP contribution in [0.5, 0.6) is 0 Å². The van der Waals surface area contributed by atoms with E-state index in [9.17, 15) is 13.2 Å². The van der Waals surface area contributed by atoms with Crippen LogP contribution in [0.4, 0.5) is 5.82 Å². The molecule has 0 unspecified atom stereocenters. The summed E-state index contributed by atoms with van der Waals surface area (Å²) in [6, 6.07) is 8.32. The van der Waals surface area contributed by atoms with Crippen molar-refractivity contribution in [3.8, 4) is 5.95 Å². The molecule has 1 aromatic carbocycles. The van der Waals surface area contributed by atoms with E-state index in [0.717, 1.165) is 30.7 Å². The lowest BCUT2D eigenvalue weighted by atomic mass is 10.1. The van der Waals surface area contributed by atoms with Crippen molar-refractivity contribution >= 4 is 21.7 Å². The van der Waals surface area contributed by atoms with Crippen LogP contribution in [0, 0.1) is 27.7 Å². The smallest absolute Gasteiger partial charge is 0.256 e. The molecule has 1 fully saturated rings. The second-order valence-corrected chi connectivity index (χ2v) is 10.3. The van der Waals surface area contributed by atoms with Gasteiger partial charge in [-0.3, -0.25) is 4.79 Å². The van der Waals surface area contributed by atoms with Gasteiger partial charge >= 0.3 is 0 Å². The largest absolute Gasteiger partial charge is 0.306 e. The van der Waals surface area contributed by atoms with E-state index in [2.05, 4.69) is 20.4 Å². The molecule has 0 spiro atoms. The zero-order valence-corrected chi connectivity index (χ0v) is 20.1. The summed E-state index contributed by atoms with van der Waals surface area (Å²) in [7, 11) is -3.66. The Hall–Kier alpha value is -3.11. The Morgan fingerprint density at radius 1 is 0.909 bits per heavy atom. The topological polar surface area (TPSA) is 110 Å². The first-order valence-corrected chi connectivity index (χ1v) is 12.4. The summed E-state index contributed by atoms with van der Waals surface area (Å²) in [4.78, 5) is 22.1. The Bertz CT molecular complexity index is 1290. The zero-order chi connectivity index (χ0) is 23.8. The van der Waals surface area contributed by atoms with Crippen LogP contribution in [0.25, 0.3) is 5.95 Å². The van der Waals surface area contributed by atoms with Gasteiger partial charge in [-0.2, -0.15) is 14.1 Å². The summed E-state index contributed by atoms with van der Waals surface area (Å²) in [5.41, 5.74) is 3.12.